The van der Waals surface area contributed by atoms with Gasteiger partial charge in [0.05, 0.1) is 0 Å². The van der Waals surface area contributed by atoms with Crippen LogP contribution in [0.15, 0.2) is 12.2 Å². The first-order valence-corrected chi connectivity index (χ1v) is 7.80. The van der Waals surface area contributed by atoms with Gasteiger partial charge in [0.1, 0.15) is 0 Å². The van der Waals surface area contributed by atoms with Crippen LogP contribution in [0.2, 0.25) is 0 Å². The van der Waals surface area contributed by atoms with E-state index in [4.69, 9.17) is 5.11 Å². The minimum absolute atomic E-state index is 0.250. The third-order valence-electron chi connectivity index (χ3n) is 1.41. The highest BCUT2D eigenvalue weighted by atomic mass is 16.3. The average molecular weight is 264 g/mol. The van der Waals surface area contributed by atoms with E-state index in [2.05, 4.69) is 24.4 Å². The van der Waals surface area contributed by atoms with Crippen LogP contribution < -0.4 is 5.32 Å². The SMILES string of the molecule is CC.CC.CC.CC.CC/C=C/[C@@H](CCO)NC. The van der Waals surface area contributed by atoms with Crippen molar-refractivity contribution in [2.45, 2.75) is 81.2 Å². The van der Waals surface area contributed by atoms with E-state index >= 15 is 0 Å². The summed E-state index contributed by atoms with van der Waals surface area (Å²) < 4.78 is 0. The van der Waals surface area contributed by atoms with Gasteiger partial charge in [-0.15, -0.1) is 0 Å². The van der Waals surface area contributed by atoms with Gasteiger partial charge in [-0.25, -0.2) is 0 Å². The molecule has 0 aromatic carbocycles. The molecule has 0 heterocycles. The van der Waals surface area contributed by atoms with Crippen molar-refractivity contribution >= 4 is 0 Å². The molecule has 0 radical (unpaired) electrons. The van der Waals surface area contributed by atoms with Gasteiger partial charge in [0.2, 0.25) is 0 Å². The van der Waals surface area contributed by atoms with Gasteiger partial charge in [-0.05, 0) is 19.9 Å². The molecule has 0 rings (SSSR count). The molecule has 0 spiro atoms. The Morgan fingerprint density at radius 1 is 0.944 bits per heavy atom. The average Bonchev–Trinajstić information content (AvgIpc) is 2.51. The highest BCUT2D eigenvalue weighted by Gasteiger charge is 1.96. The summed E-state index contributed by atoms with van der Waals surface area (Å²) in [5, 5.41) is 11.7. The maximum Gasteiger partial charge on any atom is 0.0448 e. The van der Waals surface area contributed by atoms with E-state index in [-0.39, 0.29) is 6.61 Å². The number of hydrogen-bond acceptors (Lipinski definition) is 2. The molecule has 0 unspecified atom stereocenters. The minimum Gasteiger partial charge on any atom is -0.396 e. The summed E-state index contributed by atoms with van der Waals surface area (Å²) in [6.07, 6.45) is 6.06. The van der Waals surface area contributed by atoms with Gasteiger partial charge in [-0.3, -0.25) is 0 Å². The molecule has 2 nitrogen and oxygen atoms in total. The minimum atomic E-state index is 0.250. The summed E-state index contributed by atoms with van der Waals surface area (Å²) >= 11 is 0. The first-order chi connectivity index (χ1) is 8.85. The highest BCUT2D eigenvalue weighted by molar-refractivity contribution is 4.91. The maximum atomic E-state index is 8.59. The van der Waals surface area contributed by atoms with Gasteiger partial charge in [0.25, 0.3) is 0 Å². The maximum absolute atomic E-state index is 8.59. The molecule has 0 bridgehead atoms. The summed E-state index contributed by atoms with van der Waals surface area (Å²) in [5.74, 6) is 0. The smallest absolute Gasteiger partial charge is 0.0448 e. The van der Waals surface area contributed by atoms with Crippen molar-refractivity contribution in [1.29, 1.82) is 0 Å². The van der Waals surface area contributed by atoms with Gasteiger partial charge >= 0.3 is 0 Å². The molecule has 2 heteroatoms. The topological polar surface area (TPSA) is 32.3 Å². The second-order valence-electron chi connectivity index (χ2n) is 2.24. The van der Waals surface area contributed by atoms with Crippen molar-refractivity contribution in [1.82, 2.24) is 5.32 Å². The number of nitrogens with one attached hydrogen (secondary N) is 1. The molecule has 0 amide bonds. The lowest BCUT2D eigenvalue weighted by Gasteiger charge is -2.08. The van der Waals surface area contributed by atoms with E-state index in [9.17, 15) is 0 Å². The Morgan fingerprint density at radius 3 is 1.56 bits per heavy atom. The zero-order chi connectivity index (χ0) is 15.8. The standard InChI is InChI=1S/C8H17NO.4C2H6/c1-3-4-5-8(9-2)6-7-10;4*1-2/h4-5,8-10H,3,6-7H2,1-2H3;4*1-2H3/b5-4+;;;;/t8-;;;;/m0..../s1. The molecular formula is C16H41NO. The van der Waals surface area contributed by atoms with Crippen molar-refractivity contribution in [3.05, 3.63) is 12.2 Å². The normalized spacial score (nSPS) is 9.28. The van der Waals surface area contributed by atoms with Crippen LogP contribution in [0.4, 0.5) is 0 Å². The van der Waals surface area contributed by atoms with Crippen LogP contribution in [0.3, 0.4) is 0 Å². The molecule has 1 atom stereocenters. The van der Waals surface area contributed by atoms with Crippen molar-refractivity contribution in [3.8, 4) is 0 Å². The molecule has 0 aromatic rings. The molecule has 0 saturated carbocycles. The highest BCUT2D eigenvalue weighted by Crippen LogP contribution is 1.92. The van der Waals surface area contributed by atoms with Gasteiger partial charge in [0.15, 0.2) is 0 Å². The summed E-state index contributed by atoms with van der Waals surface area (Å²) in [6.45, 7) is 18.3. The molecule has 0 aromatic heterocycles. The molecule has 2 N–H and O–H groups in total. The van der Waals surface area contributed by atoms with Gasteiger partial charge in [0, 0.05) is 12.6 Å². The van der Waals surface area contributed by atoms with Crippen LogP contribution >= 0.6 is 0 Å². The Hall–Kier alpha value is -0.340. The predicted octanol–water partition coefficient (Wildman–Crippen LogP) is 5.03. The van der Waals surface area contributed by atoms with Crippen molar-refractivity contribution in [2.75, 3.05) is 13.7 Å². The fourth-order valence-electron chi connectivity index (χ4n) is 0.776. The lowest BCUT2D eigenvalue weighted by Crippen LogP contribution is -2.23. The molecule has 0 aliphatic heterocycles. The van der Waals surface area contributed by atoms with E-state index < -0.39 is 0 Å². The Balaban J connectivity index is -0.0000000596. The molecule has 0 fully saturated rings. The molecule has 0 aliphatic rings. The quantitative estimate of drug-likeness (QED) is 0.682. The monoisotopic (exact) mass is 263 g/mol. The Morgan fingerprint density at radius 2 is 1.33 bits per heavy atom. The van der Waals surface area contributed by atoms with Gasteiger partial charge < -0.3 is 10.4 Å². The molecule has 0 aliphatic carbocycles. The van der Waals surface area contributed by atoms with Gasteiger partial charge in [-0.1, -0.05) is 74.5 Å². The van der Waals surface area contributed by atoms with Crippen LogP contribution in [0.1, 0.15) is 75.2 Å². The first-order valence-electron chi connectivity index (χ1n) is 7.80. The van der Waals surface area contributed by atoms with E-state index in [1.165, 1.54) is 0 Å². The third kappa shape index (κ3) is 44.9. The number of allylic oxidation sites excluding steroid dienone is 1. The summed E-state index contributed by atoms with van der Waals surface area (Å²) in [5.41, 5.74) is 0. The zero-order valence-corrected chi connectivity index (χ0v) is 14.8. The lowest BCUT2D eigenvalue weighted by atomic mass is 10.2. The van der Waals surface area contributed by atoms with Crippen molar-refractivity contribution in [2.24, 2.45) is 0 Å². The number of hydrogen-bond donors (Lipinski definition) is 2. The summed E-state index contributed by atoms with van der Waals surface area (Å²) in [7, 11) is 1.90. The molecular weight excluding hydrogens is 222 g/mol. The van der Waals surface area contributed by atoms with Crippen LogP contribution in [-0.4, -0.2) is 24.8 Å². The Kier molecular flexibility index (Phi) is 92.6. The van der Waals surface area contributed by atoms with Gasteiger partial charge in [-0.2, -0.15) is 0 Å². The van der Waals surface area contributed by atoms with Crippen LogP contribution in [-0.2, 0) is 0 Å². The van der Waals surface area contributed by atoms with Crippen molar-refractivity contribution < 1.29 is 5.11 Å². The lowest BCUT2D eigenvalue weighted by molar-refractivity contribution is 0.277. The number of rotatable bonds is 5. The fraction of sp³-hybridized carbons (Fsp3) is 0.875. The van der Waals surface area contributed by atoms with Crippen molar-refractivity contribution in [3.63, 3.8) is 0 Å². The number of aliphatic hydroxyl groups excluding tert-OH is 1. The van der Waals surface area contributed by atoms with E-state index in [0.29, 0.717) is 6.04 Å². The molecule has 116 valence electrons. The number of likely N-dealkylation sites (N-methyl/N-ethyl adjacent to an activating group) is 1. The first kappa shape index (κ1) is 30.6. The van der Waals surface area contributed by atoms with Crippen LogP contribution in [0, 0.1) is 0 Å². The Labute approximate surface area is 118 Å². The third-order valence-corrected chi connectivity index (χ3v) is 1.41. The molecule has 18 heavy (non-hydrogen) atoms. The van der Waals surface area contributed by atoms with Crippen LogP contribution in [0.5, 0.6) is 0 Å². The largest absolute Gasteiger partial charge is 0.396 e. The fourth-order valence-corrected chi connectivity index (χ4v) is 0.776. The predicted molar refractivity (Wildman–Crippen MR) is 89.4 cm³/mol. The number of aliphatic hydroxyl groups is 1. The second kappa shape index (κ2) is 54.5. The van der Waals surface area contributed by atoms with E-state index in [0.717, 1.165) is 12.8 Å². The second-order valence-corrected chi connectivity index (χ2v) is 2.24. The Bertz CT molecular complexity index is 93.1. The zero-order valence-electron chi connectivity index (χ0n) is 14.8. The molecule has 0 saturated heterocycles. The van der Waals surface area contributed by atoms with E-state index in [1.807, 2.05) is 62.4 Å². The van der Waals surface area contributed by atoms with E-state index in [1.54, 1.807) is 0 Å². The van der Waals surface area contributed by atoms with Crippen LogP contribution in [0.25, 0.3) is 0 Å². The summed E-state index contributed by atoms with van der Waals surface area (Å²) in [6, 6.07) is 0.338. The summed E-state index contributed by atoms with van der Waals surface area (Å²) in [4.78, 5) is 0.